The van der Waals surface area contributed by atoms with E-state index in [-0.39, 0.29) is 18.6 Å². The maximum atomic E-state index is 11.9. The Kier molecular flexibility index (Phi) is 7.45. The van der Waals surface area contributed by atoms with Crippen molar-refractivity contribution in [3.63, 3.8) is 0 Å². The van der Waals surface area contributed by atoms with Gasteiger partial charge in [0.25, 0.3) is 0 Å². The van der Waals surface area contributed by atoms with Gasteiger partial charge in [-0.3, -0.25) is 10.1 Å². The lowest BCUT2D eigenvalue weighted by atomic mass is 9.87. The van der Waals surface area contributed by atoms with Gasteiger partial charge in [-0.05, 0) is 51.2 Å². The van der Waals surface area contributed by atoms with Gasteiger partial charge in [0.2, 0.25) is 0 Å². The lowest BCUT2D eigenvalue weighted by Gasteiger charge is -2.27. The Hall–Kier alpha value is -3.43. The summed E-state index contributed by atoms with van der Waals surface area (Å²) in [6.45, 7) is 7.40. The maximum Gasteiger partial charge on any atom is 0.411 e. The summed E-state index contributed by atoms with van der Waals surface area (Å²) in [5.74, 6) is -0.521. The lowest BCUT2D eigenvalue weighted by molar-refractivity contribution is -0.143. The Morgan fingerprint density at radius 3 is 2.81 bits per heavy atom. The molecule has 1 fully saturated rings. The van der Waals surface area contributed by atoms with Crippen LogP contribution in [-0.2, 0) is 23.2 Å². The second kappa shape index (κ2) is 10.3. The van der Waals surface area contributed by atoms with Gasteiger partial charge in [-0.15, -0.1) is 5.10 Å². The number of amides is 1. The first-order chi connectivity index (χ1) is 15.3. The van der Waals surface area contributed by atoms with Gasteiger partial charge in [0.1, 0.15) is 23.7 Å². The number of carbonyl (C=O) groups excluding carboxylic acids is 1. The number of nitrogens with one attached hydrogen (secondary N) is 1. The van der Waals surface area contributed by atoms with Crippen LogP contribution in [0, 0.1) is 12.8 Å². The van der Waals surface area contributed by atoms with Crippen molar-refractivity contribution < 1.29 is 24.2 Å². The molecule has 0 saturated heterocycles. The van der Waals surface area contributed by atoms with E-state index in [4.69, 9.17) is 9.47 Å². The van der Waals surface area contributed by atoms with Gasteiger partial charge < -0.3 is 14.6 Å². The third kappa shape index (κ3) is 5.63. The number of rotatable bonds is 8. The SMILES string of the molecule is C=C(CC)NC(=O)OCc1c(-c2ccc(O[C@H]3CCC[C@H](C(=O)O)C3)c(C)n2)nnn1C. The number of aliphatic carboxylic acids is 1. The normalized spacial score (nSPS) is 18.1. The molecule has 0 bridgehead atoms. The molecule has 10 heteroatoms. The number of hydrogen-bond acceptors (Lipinski definition) is 7. The average Bonchev–Trinajstić information content (AvgIpc) is 3.14. The number of aryl methyl sites for hydroxylation is 2. The monoisotopic (exact) mass is 443 g/mol. The Balaban J connectivity index is 1.70. The molecule has 2 heterocycles. The summed E-state index contributed by atoms with van der Waals surface area (Å²) < 4.78 is 12.9. The van der Waals surface area contributed by atoms with E-state index in [0.29, 0.717) is 53.5 Å². The molecular weight excluding hydrogens is 414 g/mol. The van der Waals surface area contributed by atoms with Crippen LogP contribution in [0.1, 0.15) is 50.4 Å². The van der Waals surface area contributed by atoms with Crippen molar-refractivity contribution >= 4 is 12.1 Å². The van der Waals surface area contributed by atoms with Crippen molar-refractivity contribution in [1.29, 1.82) is 0 Å². The van der Waals surface area contributed by atoms with Crippen LogP contribution in [0.5, 0.6) is 5.75 Å². The van der Waals surface area contributed by atoms with Crippen LogP contribution in [0.25, 0.3) is 11.4 Å². The first-order valence-electron chi connectivity index (χ1n) is 10.7. The summed E-state index contributed by atoms with van der Waals surface area (Å²) in [7, 11) is 1.71. The van der Waals surface area contributed by atoms with E-state index in [0.717, 1.165) is 12.8 Å². The highest BCUT2D eigenvalue weighted by atomic mass is 16.5. The smallest absolute Gasteiger partial charge is 0.411 e. The van der Waals surface area contributed by atoms with Crippen LogP contribution in [0.3, 0.4) is 0 Å². The zero-order chi connectivity index (χ0) is 23.3. The molecule has 2 aromatic rings. The van der Waals surface area contributed by atoms with Crippen LogP contribution in [-0.4, -0.2) is 43.3 Å². The standard InChI is InChI=1S/C22H29N5O5/c1-5-13(2)23-22(30)31-12-18-20(25-26-27(18)4)17-9-10-19(14(3)24-17)32-16-8-6-7-15(11-16)21(28)29/h9-10,15-16H,2,5-8,11-12H2,1,3-4H3,(H,23,30)(H,28,29)/t15-,16-/m0/s1. The van der Waals surface area contributed by atoms with Crippen molar-refractivity contribution in [3.05, 3.63) is 35.8 Å². The van der Waals surface area contributed by atoms with Crippen LogP contribution in [0.4, 0.5) is 4.79 Å². The third-order valence-electron chi connectivity index (χ3n) is 5.54. The second-order valence-corrected chi connectivity index (χ2v) is 7.89. The highest BCUT2D eigenvalue weighted by Crippen LogP contribution is 2.30. The average molecular weight is 444 g/mol. The highest BCUT2D eigenvalue weighted by molar-refractivity contribution is 5.70. The molecule has 0 radical (unpaired) electrons. The van der Waals surface area contributed by atoms with Crippen molar-refractivity contribution in [3.8, 4) is 17.1 Å². The Morgan fingerprint density at radius 1 is 1.34 bits per heavy atom. The number of allylic oxidation sites excluding steroid dienone is 1. The lowest BCUT2D eigenvalue weighted by Crippen LogP contribution is -2.29. The number of alkyl carbamates (subject to hydrolysis) is 1. The molecule has 1 amide bonds. The summed E-state index contributed by atoms with van der Waals surface area (Å²) in [4.78, 5) is 27.8. The molecule has 0 aromatic carbocycles. The predicted molar refractivity (Wildman–Crippen MR) is 116 cm³/mol. The van der Waals surface area contributed by atoms with Crippen LogP contribution in [0.2, 0.25) is 0 Å². The molecule has 3 rings (SSSR count). The fourth-order valence-corrected chi connectivity index (χ4v) is 3.60. The van der Waals surface area contributed by atoms with Gasteiger partial charge in [-0.2, -0.15) is 0 Å². The number of pyridine rings is 1. The van der Waals surface area contributed by atoms with E-state index < -0.39 is 12.1 Å². The molecule has 32 heavy (non-hydrogen) atoms. The minimum atomic E-state index is -0.770. The molecule has 10 nitrogen and oxygen atoms in total. The predicted octanol–water partition coefficient (Wildman–Crippen LogP) is 3.36. The molecule has 0 aliphatic heterocycles. The topological polar surface area (TPSA) is 128 Å². The molecule has 172 valence electrons. The molecule has 2 atom stereocenters. The minimum absolute atomic E-state index is 0.0285. The number of carboxylic acids is 1. The number of aromatic nitrogens is 4. The third-order valence-corrected chi connectivity index (χ3v) is 5.54. The fourth-order valence-electron chi connectivity index (χ4n) is 3.60. The largest absolute Gasteiger partial charge is 0.489 e. The summed E-state index contributed by atoms with van der Waals surface area (Å²) in [5.41, 5.74) is 2.91. The van der Waals surface area contributed by atoms with E-state index >= 15 is 0 Å². The first-order valence-corrected chi connectivity index (χ1v) is 10.7. The Morgan fingerprint density at radius 2 is 2.12 bits per heavy atom. The van der Waals surface area contributed by atoms with Gasteiger partial charge in [0.15, 0.2) is 0 Å². The van der Waals surface area contributed by atoms with E-state index in [1.165, 1.54) is 4.68 Å². The van der Waals surface area contributed by atoms with Gasteiger partial charge in [-0.1, -0.05) is 18.7 Å². The molecule has 2 N–H and O–H groups in total. The number of carboxylic acid groups (broad SMARTS) is 1. The molecule has 1 aliphatic rings. The molecule has 2 aromatic heterocycles. The summed E-state index contributed by atoms with van der Waals surface area (Å²) in [6, 6.07) is 3.58. The maximum absolute atomic E-state index is 11.9. The van der Waals surface area contributed by atoms with E-state index in [1.54, 1.807) is 19.2 Å². The van der Waals surface area contributed by atoms with E-state index in [1.807, 2.05) is 13.8 Å². The number of nitrogens with zero attached hydrogens (tertiary/aromatic N) is 4. The van der Waals surface area contributed by atoms with Crippen LogP contribution >= 0.6 is 0 Å². The van der Waals surface area contributed by atoms with E-state index in [2.05, 4.69) is 27.2 Å². The van der Waals surface area contributed by atoms with Crippen LogP contribution in [0.15, 0.2) is 24.4 Å². The van der Waals surface area contributed by atoms with Crippen molar-refractivity contribution in [2.24, 2.45) is 13.0 Å². The molecule has 1 aliphatic carbocycles. The van der Waals surface area contributed by atoms with E-state index in [9.17, 15) is 14.7 Å². The fraction of sp³-hybridized carbons (Fsp3) is 0.500. The molecule has 0 unspecified atom stereocenters. The number of ether oxygens (including phenoxy) is 2. The van der Waals surface area contributed by atoms with Crippen molar-refractivity contribution in [2.45, 2.75) is 58.7 Å². The number of hydrogen-bond donors (Lipinski definition) is 2. The second-order valence-electron chi connectivity index (χ2n) is 7.89. The summed E-state index contributed by atoms with van der Waals surface area (Å²) in [5, 5.41) is 20.0. The Labute approximate surface area is 186 Å². The highest BCUT2D eigenvalue weighted by Gasteiger charge is 2.28. The zero-order valence-electron chi connectivity index (χ0n) is 18.6. The van der Waals surface area contributed by atoms with Gasteiger partial charge in [0.05, 0.1) is 23.4 Å². The van der Waals surface area contributed by atoms with Gasteiger partial charge >= 0.3 is 12.1 Å². The van der Waals surface area contributed by atoms with Crippen LogP contribution < -0.4 is 10.1 Å². The van der Waals surface area contributed by atoms with Crippen molar-refractivity contribution in [1.82, 2.24) is 25.3 Å². The molecule has 0 spiro atoms. The van der Waals surface area contributed by atoms with Gasteiger partial charge in [-0.25, -0.2) is 14.5 Å². The molecule has 1 saturated carbocycles. The number of carbonyl (C=O) groups is 2. The zero-order valence-corrected chi connectivity index (χ0v) is 18.6. The molecular formula is C22H29N5O5. The summed E-state index contributed by atoms with van der Waals surface area (Å²) >= 11 is 0. The Bertz CT molecular complexity index is 1000. The minimum Gasteiger partial charge on any atom is -0.489 e. The van der Waals surface area contributed by atoms with Crippen molar-refractivity contribution in [2.75, 3.05) is 0 Å². The van der Waals surface area contributed by atoms with Gasteiger partial charge in [0, 0.05) is 12.7 Å². The quantitative estimate of drug-likeness (QED) is 0.635. The first kappa shape index (κ1) is 23.2. The summed E-state index contributed by atoms with van der Waals surface area (Å²) in [6.07, 6.45) is 2.71.